The minimum absolute atomic E-state index is 0.00958. The van der Waals surface area contributed by atoms with E-state index in [0.29, 0.717) is 12.3 Å². The molecule has 2 fully saturated rings. The van der Waals surface area contributed by atoms with Gasteiger partial charge in [-0.05, 0) is 110 Å². The topological polar surface area (TPSA) is 627 Å². The Kier molecular flexibility index (Phi) is 44.7. The number of Topliss-reactive ketones (excluding diaryl/α,β-unsaturated/α-hetero) is 4. The molecular formula is C58H93N7O29. The molecular weight excluding hydrogens is 1260 g/mol. The number of carboxylic acids is 10. The van der Waals surface area contributed by atoms with Gasteiger partial charge in [0.15, 0.2) is 0 Å². The standard InChI is InChI=1S/C25H39N3O13.C10H16N2O6.C10H13NO6.C7H15NO2.C6H10O2/c1-13(2)12-15(20(32)33)28(3)18(8-4-6-16(29)21(34)35)25(24(39)40,11-5-7-17(30)22(36)37)41-23(38)14(26)9-10-19(27)31;11-8(14)4-3-6(9(15)16)12-5-1-2-7(13)10(17)18;12-7(10(16)17)2-1-5-11-6(9(14)15)3-4-8(11)13;1-5(2)4-6(8-3)7(9)10;7-6(8)5-3-1-2-4-5/h13-15,18H,4-12,26H2,1-3H3,(H2,27,31)(H,32,33)(H,34,35)(H,36,37)(H,39,40);6,12H,1-5H2,(H2,11,14)(H,15,16)(H,17,18);6H,1-5H2,(H,14,15)(H,16,17);5-6,8H,4H2,1-3H3,(H,9,10);5H,1-4H2,(H,7,8)/t14-,15-,18?,25?;3*6-;/m0000./s1. The summed E-state index contributed by atoms with van der Waals surface area (Å²) >= 11 is 0. The zero-order chi connectivity index (χ0) is 73.3. The Bertz CT molecular complexity index is 2620. The quantitative estimate of drug-likeness (QED) is 0.0209. The van der Waals surface area contributed by atoms with Gasteiger partial charge >= 0.3 is 65.7 Å². The lowest BCUT2D eigenvalue weighted by atomic mass is 9.82. The second-order valence-corrected chi connectivity index (χ2v) is 22.7. The number of amides is 3. The summed E-state index contributed by atoms with van der Waals surface area (Å²) in [5.41, 5.74) is 13.1. The van der Waals surface area contributed by atoms with Crippen LogP contribution in [0.3, 0.4) is 0 Å². The van der Waals surface area contributed by atoms with Crippen LogP contribution in [0.4, 0.5) is 0 Å². The van der Waals surface area contributed by atoms with E-state index < -0.39 is 162 Å². The summed E-state index contributed by atoms with van der Waals surface area (Å²) in [4.78, 5) is 203. The summed E-state index contributed by atoms with van der Waals surface area (Å²) in [5.74, 6) is -20.3. The Hall–Kier alpha value is -8.90. The van der Waals surface area contributed by atoms with Crippen molar-refractivity contribution in [3.8, 4) is 0 Å². The first kappa shape index (κ1) is 89.3. The van der Waals surface area contributed by atoms with Crippen molar-refractivity contribution in [2.45, 2.75) is 211 Å². The number of likely N-dealkylation sites (tertiary alicyclic amines) is 1. The third-order valence-corrected chi connectivity index (χ3v) is 14.4. The van der Waals surface area contributed by atoms with Gasteiger partial charge in [0.25, 0.3) is 0 Å². The number of esters is 1. The number of primary amides is 2. The molecule has 0 spiro atoms. The van der Waals surface area contributed by atoms with Gasteiger partial charge in [-0.25, -0.2) is 28.8 Å². The van der Waals surface area contributed by atoms with Crippen LogP contribution in [-0.4, -0.2) is 236 Å². The van der Waals surface area contributed by atoms with Gasteiger partial charge in [0.1, 0.15) is 30.2 Å². The van der Waals surface area contributed by atoms with Gasteiger partial charge in [-0.15, -0.1) is 0 Å². The number of likely N-dealkylation sites (N-methyl/N-ethyl adjacent to an activating group) is 2. The van der Waals surface area contributed by atoms with E-state index in [0.717, 1.165) is 30.6 Å². The number of carboxylic acid groups (broad SMARTS) is 10. The lowest BCUT2D eigenvalue weighted by Gasteiger charge is -2.44. The maximum Gasteiger partial charge on any atom is 0.372 e. The molecule has 1 aliphatic carbocycles. The van der Waals surface area contributed by atoms with Crippen LogP contribution in [-0.2, 0) is 91.0 Å². The number of hydrogen-bond donors (Lipinski definition) is 15. The molecule has 36 heteroatoms. The van der Waals surface area contributed by atoms with E-state index in [1.54, 1.807) is 20.9 Å². The monoisotopic (exact) mass is 1350 g/mol. The highest BCUT2D eigenvalue weighted by atomic mass is 16.6. The molecule has 0 aromatic carbocycles. The first-order valence-electron chi connectivity index (χ1n) is 29.9. The van der Waals surface area contributed by atoms with Gasteiger partial charge in [-0.2, -0.15) is 0 Å². The molecule has 1 saturated heterocycles. The summed E-state index contributed by atoms with van der Waals surface area (Å²) in [6.07, 6.45) is 1.58. The molecule has 1 aliphatic heterocycles. The number of rotatable bonds is 43. The fraction of sp³-hybridized carbons (Fsp3) is 0.690. The van der Waals surface area contributed by atoms with Crippen molar-refractivity contribution < 1.29 is 142 Å². The van der Waals surface area contributed by atoms with Crippen molar-refractivity contribution in [2.24, 2.45) is 35.0 Å². The third kappa shape index (κ3) is 37.6. The van der Waals surface area contributed by atoms with Crippen molar-refractivity contribution in [3.63, 3.8) is 0 Å². The summed E-state index contributed by atoms with van der Waals surface area (Å²) in [7, 11) is 2.92. The fourth-order valence-electron chi connectivity index (χ4n) is 9.31. The lowest BCUT2D eigenvalue weighted by molar-refractivity contribution is -0.193. The first-order chi connectivity index (χ1) is 43.5. The average Bonchev–Trinajstić information content (AvgIpc) is 0.980. The molecule has 2 rings (SSSR count). The Morgan fingerprint density at radius 1 is 0.574 bits per heavy atom. The summed E-state index contributed by atoms with van der Waals surface area (Å²) in [6.45, 7) is 7.72. The molecule has 0 bridgehead atoms. The molecule has 1 saturated carbocycles. The second kappa shape index (κ2) is 47.1. The Morgan fingerprint density at radius 3 is 1.39 bits per heavy atom. The van der Waals surface area contributed by atoms with Crippen LogP contribution in [0.1, 0.15) is 169 Å². The Morgan fingerprint density at radius 2 is 1.02 bits per heavy atom. The van der Waals surface area contributed by atoms with Crippen LogP contribution in [0.15, 0.2) is 0 Å². The zero-order valence-corrected chi connectivity index (χ0v) is 53.5. The van der Waals surface area contributed by atoms with Gasteiger partial charge in [0, 0.05) is 57.9 Å². The molecule has 7 atom stereocenters. The fourth-order valence-corrected chi connectivity index (χ4v) is 9.31. The predicted molar refractivity (Wildman–Crippen MR) is 322 cm³/mol. The SMILES string of the molecule is CC(C)C[C@@H](C(=O)O)N(C)C(CCCC(=O)C(=O)O)C(CCCC(=O)C(=O)O)(OC(=O)[C@@H](N)CCC(N)=O)C(=O)O.CN[C@@H](CC(C)C)C(=O)O.NC(=O)CC[C@H](NCCCC(=O)C(=O)O)C(=O)O.O=C(O)C(=O)CCCN1C(=O)CC[C@H]1C(=O)O.O=C(O)C1CCCC1. The van der Waals surface area contributed by atoms with Crippen LogP contribution < -0.4 is 27.8 Å². The highest BCUT2D eigenvalue weighted by Crippen LogP contribution is 2.34. The molecule has 18 N–H and O–H groups in total. The van der Waals surface area contributed by atoms with E-state index in [9.17, 15) is 96.5 Å². The molecule has 3 amide bonds. The van der Waals surface area contributed by atoms with Crippen molar-refractivity contribution in [1.29, 1.82) is 0 Å². The molecule has 94 heavy (non-hydrogen) atoms. The Balaban J connectivity index is -0.00000127. The second-order valence-electron chi connectivity index (χ2n) is 22.7. The number of nitrogens with zero attached hydrogens (tertiary/aromatic N) is 2. The molecule has 36 nitrogen and oxygen atoms in total. The molecule has 2 unspecified atom stereocenters. The smallest absolute Gasteiger partial charge is 0.372 e. The minimum Gasteiger partial charge on any atom is -0.481 e. The van der Waals surface area contributed by atoms with E-state index >= 15 is 0 Å². The summed E-state index contributed by atoms with van der Waals surface area (Å²) in [5, 5.41) is 94.8. The normalized spacial score (nSPS) is 15.5. The molecule has 534 valence electrons. The predicted octanol–water partition coefficient (Wildman–Crippen LogP) is -0.416. The number of carbonyl (C=O) groups is 18. The number of ether oxygens (including phenoxy) is 1. The molecule has 1 heterocycles. The van der Waals surface area contributed by atoms with Gasteiger partial charge in [0.2, 0.25) is 46.5 Å². The number of nitrogens with one attached hydrogen (secondary N) is 2. The maximum absolute atomic E-state index is 13.0. The highest BCUT2D eigenvalue weighted by Gasteiger charge is 2.53. The van der Waals surface area contributed by atoms with E-state index in [1.807, 2.05) is 13.8 Å². The molecule has 0 aromatic rings. The van der Waals surface area contributed by atoms with Gasteiger partial charge < -0.3 is 88.5 Å². The maximum atomic E-state index is 13.0. The minimum atomic E-state index is -2.63. The van der Waals surface area contributed by atoms with Crippen molar-refractivity contribution in [1.82, 2.24) is 20.4 Å². The van der Waals surface area contributed by atoms with Crippen LogP contribution in [0.25, 0.3) is 0 Å². The van der Waals surface area contributed by atoms with E-state index in [-0.39, 0.29) is 120 Å². The van der Waals surface area contributed by atoms with Crippen LogP contribution in [0.5, 0.6) is 0 Å². The highest BCUT2D eigenvalue weighted by molar-refractivity contribution is 6.33. The van der Waals surface area contributed by atoms with Crippen molar-refractivity contribution in [3.05, 3.63) is 0 Å². The zero-order valence-electron chi connectivity index (χ0n) is 53.5. The number of aliphatic carboxylic acids is 10. The van der Waals surface area contributed by atoms with Crippen molar-refractivity contribution >= 4 is 107 Å². The lowest BCUT2D eigenvalue weighted by Crippen LogP contribution is -2.63. The third-order valence-electron chi connectivity index (χ3n) is 14.4. The summed E-state index contributed by atoms with van der Waals surface area (Å²) < 4.78 is 5.45. The van der Waals surface area contributed by atoms with E-state index in [2.05, 4.69) is 10.6 Å². The molecule has 0 aromatic heterocycles. The largest absolute Gasteiger partial charge is 0.481 e. The van der Waals surface area contributed by atoms with Gasteiger partial charge in [-0.1, -0.05) is 40.5 Å². The number of carbonyl (C=O) groups excluding carboxylic acids is 8. The number of hydrogen-bond acceptors (Lipinski definition) is 23. The average molecular weight is 1350 g/mol. The van der Waals surface area contributed by atoms with Gasteiger partial charge in [0.05, 0.1) is 12.0 Å². The van der Waals surface area contributed by atoms with Crippen LogP contribution in [0, 0.1) is 17.8 Å². The van der Waals surface area contributed by atoms with E-state index in [1.165, 1.54) is 11.9 Å². The van der Waals surface area contributed by atoms with Crippen LogP contribution >= 0.6 is 0 Å². The first-order valence-corrected chi connectivity index (χ1v) is 29.9. The Labute approximate surface area is 540 Å². The summed E-state index contributed by atoms with van der Waals surface area (Å²) in [6, 6.07) is -6.56. The van der Waals surface area contributed by atoms with Gasteiger partial charge in [-0.3, -0.25) is 62.4 Å². The molecule has 2 aliphatic rings. The number of nitrogens with two attached hydrogens (primary N) is 3. The molecule has 0 radical (unpaired) electrons. The van der Waals surface area contributed by atoms with Crippen molar-refractivity contribution in [2.75, 3.05) is 27.2 Å². The number of ketones is 4. The van der Waals surface area contributed by atoms with E-state index in [4.69, 9.17) is 62.8 Å². The van der Waals surface area contributed by atoms with Crippen LogP contribution in [0.2, 0.25) is 0 Å².